The van der Waals surface area contributed by atoms with E-state index in [0.29, 0.717) is 18.9 Å². The maximum atomic E-state index is 13.1. The molecule has 0 bridgehead atoms. The lowest BCUT2D eigenvalue weighted by Gasteiger charge is -2.26. The number of hydrogen-bond acceptors (Lipinski definition) is 7. The summed E-state index contributed by atoms with van der Waals surface area (Å²) >= 11 is 0. The molecule has 1 aliphatic heterocycles. The molecule has 10 nitrogen and oxygen atoms in total. The standard InChI is InChI=1S/C21H25N3O7S/c1-3-31-21(26)23-16-6-4-5-15(13-16)20(25)22-17-7-8-18(29-2)19(14-17)32(27,28)24-9-11-30-12-10-24/h4-8,13-14H,3,9-12H2,1-2H3,(H,22,25)(H,23,26). The molecule has 172 valence electrons. The summed E-state index contributed by atoms with van der Waals surface area (Å²) in [5.74, 6) is -0.299. The molecular formula is C21H25N3O7S. The predicted molar refractivity (Wildman–Crippen MR) is 118 cm³/mol. The fourth-order valence-electron chi connectivity index (χ4n) is 3.11. The van der Waals surface area contributed by atoms with Crippen LogP contribution in [0.4, 0.5) is 16.2 Å². The number of anilines is 2. The van der Waals surface area contributed by atoms with E-state index in [0.717, 1.165) is 0 Å². The predicted octanol–water partition coefficient (Wildman–Crippen LogP) is 2.54. The molecule has 11 heteroatoms. The third-order valence-corrected chi connectivity index (χ3v) is 6.58. The van der Waals surface area contributed by atoms with Crippen LogP contribution in [0, 0.1) is 0 Å². The highest BCUT2D eigenvalue weighted by Crippen LogP contribution is 2.30. The first-order valence-corrected chi connectivity index (χ1v) is 11.4. The van der Waals surface area contributed by atoms with Gasteiger partial charge in [-0.2, -0.15) is 4.31 Å². The van der Waals surface area contributed by atoms with E-state index >= 15 is 0 Å². The quantitative estimate of drug-likeness (QED) is 0.647. The highest BCUT2D eigenvalue weighted by atomic mass is 32.2. The van der Waals surface area contributed by atoms with E-state index in [1.54, 1.807) is 31.2 Å². The molecule has 2 aromatic carbocycles. The first-order chi connectivity index (χ1) is 15.3. The third kappa shape index (κ3) is 5.55. The lowest BCUT2D eigenvalue weighted by atomic mass is 10.2. The zero-order valence-electron chi connectivity index (χ0n) is 17.8. The minimum Gasteiger partial charge on any atom is -0.495 e. The highest BCUT2D eigenvalue weighted by molar-refractivity contribution is 7.89. The smallest absolute Gasteiger partial charge is 0.411 e. The van der Waals surface area contributed by atoms with Crippen LogP contribution in [0.15, 0.2) is 47.4 Å². The number of morpholine rings is 1. The van der Waals surface area contributed by atoms with E-state index in [1.807, 2.05) is 0 Å². The maximum absolute atomic E-state index is 13.1. The lowest BCUT2D eigenvalue weighted by molar-refractivity contribution is 0.0729. The first-order valence-electron chi connectivity index (χ1n) is 9.96. The number of methoxy groups -OCH3 is 1. The normalized spacial score (nSPS) is 14.4. The van der Waals surface area contributed by atoms with Crippen molar-refractivity contribution in [2.24, 2.45) is 0 Å². The van der Waals surface area contributed by atoms with E-state index in [2.05, 4.69) is 10.6 Å². The summed E-state index contributed by atoms with van der Waals surface area (Å²) < 4.78 is 42.8. The molecule has 0 spiro atoms. The van der Waals surface area contributed by atoms with Crippen molar-refractivity contribution < 1.29 is 32.2 Å². The first kappa shape index (κ1) is 23.5. The van der Waals surface area contributed by atoms with Crippen LogP contribution in [-0.2, 0) is 19.5 Å². The summed E-state index contributed by atoms with van der Waals surface area (Å²) in [5.41, 5.74) is 0.945. The summed E-state index contributed by atoms with van der Waals surface area (Å²) in [6.07, 6.45) is -0.627. The van der Waals surface area contributed by atoms with Crippen LogP contribution >= 0.6 is 0 Å². The van der Waals surface area contributed by atoms with E-state index in [4.69, 9.17) is 14.2 Å². The molecule has 2 amide bonds. The number of nitrogens with zero attached hydrogens (tertiary/aromatic N) is 1. The molecule has 1 aliphatic rings. The van der Waals surface area contributed by atoms with Crippen molar-refractivity contribution in [3.05, 3.63) is 48.0 Å². The van der Waals surface area contributed by atoms with Crippen LogP contribution in [-0.4, -0.2) is 64.7 Å². The Kier molecular flexibility index (Phi) is 7.67. The maximum Gasteiger partial charge on any atom is 0.411 e. The number of carbonyl (C=O) groups excluding carboxylic acids is 2. The van der Waals surface area contributed by atoms with Crippen molar-refractivity contribution in [1.82, 2.24) is 4.31 Å². The van der Waals surface area contributed by atoms with Crippen LogP contribution < -0.4 is 15.4 Å². The zero-order chi connectivity index (χ0) is 23.1. The van der Waals surface area contributed by atoms with Crippen molar-refractivity contribution in [1.29, 1.82) is 0 Å². The van der Waals surface area contributed by atoms with Gasteiger partial charge in [0.1, 0.15) is 10.6 Å². The molecule has 2 N–H and O–H groups in total. The Hall–Kier alpha value is -3.15. The van der Waals surface area contributed by atoms with Crippen LogP contribution in [0.2, 0.25) is 0 Å². The van der Waals surface area contributed by atoms with E-state index in [1.165, 1.54) is 29.6 Å². The molecular weight excluding hydrogens is 438 g/mol. The average molecular weight is 464 g/mol. The average Bonchev–Trinajstić information content (AvgIpc) is 2.80. The van der Waals surface area contributed by atoms with Gasteiger partial charge in [-0.25, -0.2) is 13.2 Å². The molecule has 0 aliphatic carbocycles. The van der Waals surface area contributed by atoms with Crippen LogP contribution in [0.5, 0.6) is 5.75 Å². The number of rotatable bonds is 7. The van der Waals surface area contributed by atoms with Crippen molar-refractivity contribution in [3.63, 3.8) is 0 Å². The number of carbonyl (C=O) groups is 2. The number of amides is 2. The van der Waals surface area contributed by atoms with E-state index in [-0.39, 0.29) is 41.6 Å². The fourth-order valence-corrected chi connectivity index (χ4v) is 4.70. The number of ether oxygens (including phenoxy) is 3. The Labute approximate surface area is 186 Å². The number of hydrogen-bond donors (Lipinski definition) is 2. The van der Waals surface area contributed by atoms with Gasteiger partial charge in [0.05, 0.1) is 26.9 Å². The van der Waals surface area contributed by atoms with Gasteiger partial charge in [-0.1, -0.05) is 6.07 Å². The number of benzene rings is 2. The number of nitrogens with one attached hydrogen (secondary N) is 2. The van der Waals surface area contributed by atoms with Crippen LogP contribution in [0.3, 0.4) is 0 Å². The van der Waals surface area contributed by atoms with E-state index in [9.17, 15) is 18.0 Å². The molecule has 0 radical (unpaired) electrons. The molecule has 3 rings (SSSR count). The fraction of sp³-hybridized carbons (Fsp3) is 0.333. The Morgan fingerprint density at radius 2 is 1.78 bits per heavy atom. The Morgan fingerprint density at radius 1 is 1.06 bits per heavy atom. The van der Waals surface area contributed by atoms with Crippen molar-refractivity contribution in [2.75, 3.05) is 50.7 Å². The second-order valence-corrected chi connectivity index (χ2v) is 8.67. The second-order valence-electron chi connectivity index (χ2n) is 6.76. The van der Waals surface area contributed by atoms with Crippen molar-refractivity contribution in [2.45, 2.75) is 11.8 Å². The molecule has 1 saturated heterocycles. The summed E-state index contributed by atoms with van der Waals surface area (Å²) in [7, 11) is -2.45. The van der Waals surface area contributed by atoms with Gasteiger partial charge in [-0.3, -0.25) is 10.1 Å². The molecule has 0 unspecified atom stereocenters. The summed E-state index contributed by atoms with van der Waals surface area (Å²) in [4.78, 5) is 24.3. The second kappa shape index (κ2) is 10.4. The van der Waals surface area contributed by atoms with Gasteiger partial charge in [-0.05, 0) is 43.3 Å². The summed E-state index contributed by atoms with van der Waals surface area (Å²) in [6.45, 7) is 3.01. The minimum atomic E-state index is -3.84. The largest absolute Gasteiger partial charge is 0.495 e. The van der Waals surface area contributed by atoms with Crippen LogP contribution in [0.1, 0.15) is 17.3 Å². The van der Waals surface area contributed by atoms with Gasteiger partial charge in [0.2, 0.25) is 10.0 Å². The topological polar surface area (TPSA) is 123 Å². The van der Waals surface area contributed by atoms with Gasteiger partial charge in [0.15, 0.2) is 0 Å². The van der Waals surface area contributed by atoms with Gasteiger partial charge in [0.25, 0.3) is 5.91 Å². The molecule has 0 atom stereocenters. The lowest BCUT2D eigenvalue weighted by Crippen LogP contribution is -2.40. The van der Waals surface area contributed by atoms with E-state index < -0.39 is 22.0 Å². The monoisotopic (exact) mass is 463 g/mol. The molecule has 0 saturated carbocycles. The van der Waals surface area contributed by atoms with Crippen LogP contribution in [0.25, 0.3) is 0 Å². The third-order valence-electron chi connectivity index (χ3n) is 4.66. The molecule has 0 aromatic heterocycles. The van der Waals surface area contributed by atoms with Crippen molar-refractivity contribution in [3.8, 4) is 5.75 Å². The number of sulfonamides is 1. The Balaban J connectivity index is 1.81. The minimum absolute atomic E-state index is 0.0440. The van der Waals surface area contributed by atoms with Gasteiger partial charge >= 0.3 is 6.09 Å². The van der Waals surface area contributed by atoms with Crippen molar-refractivity contribution >= 4 is 33.4 Å². The summed E-state index contributed by atoms with van der Waals surface area (Å²) in [5, 5.41) is 5.21. The molecule has 1 heterocycles. The highest BCUT2D eigenvalue weighted by Gasteiger charge is 2.29. The van der Waals surface area contributed by atoms with Gasteiger partial charge < -0.3 is 19.5 Å². The zero-order valence-corrected chi connectivity index (χ0v) is 18.6. The van der Waals surface area contributed by atoms with Gasteiger partial charge in [0, 0.05) is 30.0 Å². The summed E-state index contributed by atoms with van der Waals surface area (Å²) in [6, 6.07) is 10.7. The SMILES string of the molecule is CCOC(=O)Nc1cccc(C(=O)Nc2ccc(OC)c(S(=O)(=O)N3CCOCC3)c2)c1. The Bertz CT molecular complexity index is 1080. The molecule has 32 heavy (non-hydrogen) atoms. The molecule has 1 fully saturated rings. The molecule has 2 aromatic rings. The van der Waals surface area contributed by atoms with Gasteiger partial charge in [-0.15, -0.1) is 0 Å². The Morgan fingerprint density at radius 3 is 2.47 bits per heavy atom.